The van der Waals surface area contributed by atoms with Crippen LogP contribution >= 0.6 is 24.0 Å². The number of guanidine groups is 1. The highest BCUT2D eigenvalue weighted by Gasteiger charge is 2.20. The SMILES string of the molecule is CN=C(NCc1ccccc1[N+](=O)[O-])NCc1cccc(OC)c1OC1CCCC1.I. The molecule has 31 heavy (non-hydrogen) atoms. The molecule has 0 amide bonds. The van der Waals surface area contributed by atoms with Gasteiger partial charge in [0.1, 0.15) is 0 Å². The average molecular weight is 540 g/mol. The maximum atomic E-state index is 11.2. The Kier molecular flexibility index (Phi) is 9.83. The monoisotopic (exact) mass is 540 g/mol. The Morgan fingerprint density at radius 2 is 1.74 bits per heavy atom. The summed E-state index contributed by atoms with van der Waals surface area (Å²) in [7, 11) is 3.30. The smallest absolute Gasteiger partial charge is 0.274 e. The lowest BCUT2D eigenvalue weighted by Gasteiger charge is -2.20. The Morgan fingerprint density at radius 3 is 2.39 bits per heavy atom. The van der Waals surface area contributed by atoms with Crippen molar-refractivity contribution in [2.24, 2.45) is 4.99 Å². The highest BCUT2D eigenvalue weighted by atomic mass is 127. The van der Waals surface area contributed by atoms with E-state index in [4.69, 9.17) is 9.47 Å². The van der Waals surface area contributed by atoms with Crippen molar-refractivity contribution < 1.29 is 14.4 Å². The molecular formula is C22H29IN4O4. The number of hydrogen-bond donors (Lipinski definition) is 2. The van der Waals surface area contributed by atoms with Crippen molar-refractivity contribution in [1.82, 2.24) is 10.6 Å². The Balaban J connectivity index is 0.00000341. The largest absolute Gasteiger partial charge is 0.493 e. The number of para-hydroxylation sites is 2. The molecule has 1 fully saturated rings. The van der Waals surface area contributed by atoms with E-state index in [0.717, 1.165) is 24.2 Å². The molecule has 1 saturated carbocycles. The summed E-state index contributed by atoms with van der Waals surface area (Å²) < 4.78 is 11.8. The fraction of sp³-hybridized carbons (Fsp3) is 0.409. The number of nitro groups is 1. The van der Waals surface area contributed by atoms with Gasteiger partial charge in [0, 0.05) is 37.3 Å². The van der Waals surface area contributed by atoms with E-state index >= 15 is 0 Å². The van der Waals surface area contributed by atoms with Crippen LogP contribution in [0.3, 0.4) is 0 Å². The number of ether oxygens (including phenoxy) is 2. The van der Waals surface area contributed by atoms with Crippen molar-refractivity contribution in [3.05, 3.63) is 63.7 Å². The predicted molar refractivity (Wildman–Crippen MR) is 131 cm³/mol. The second kappa shape index (κ2) is 12.3. The molecule has 0 aliphatic heterocycles. The third-order valence-electron chi connectivity index (χ3n) is 5.17. The van der Waals surface area contributed by atoms with Crippen molar-refractivity contribution >= 4 is 35.6 Å². The fourth-order valence-corrected chi connectivity index (χ4v) is 3.58. The molecule has 0 heterocycles. The van der Waals surface area contributed by atoms with Crippen molar-refractivity contribution in [3.63, 3.8) is 0 Å². The van der Waals surface area contributed by atoms with Crippen LogP contribution in [-0.4, -0.2) is 31.1 Å². The van der Waals surface area contributed by atoms with Crippen LogP contribution in [0.1, 0.15) is 36.8 Å². The number of halogens is 1. The standard InChI is InChI=1S/C22H28N4O4.HI/c1-23-22(24-14-16-8-3-6-12-19(16)26(27)28)25-15-17-9-7-13-20(29-2)21(17)30-18-10-4-5-11-18;/h3,6-9,12-13,18H,4-5,10-11,14-15H2,1-2H3,(H2,23,24,25);1H. The van der Waals surface area contributed by atoms with Gasteiger partial charge in [-0.3, -0.25) is 15.1 Å². The van der Waals surface area contributed by atoms with E-state index in [9.17, 15) is 10.1 Å². The summed E-state index contributed by atoms with van der Waals surface area (Å²) in [6, 6.07) is 12.5. The molecule has 2 aromatic carbocycles. The fourth-order valence-electron chi connectivity index (χ4n) is 3.58. The van der Waals surface area contributed by atoms with Gasteiger partial charge in [0.25, 0.3) is 5.69 Å². The summed E-state index contributed by atoms with van der Waals surface area (Å²) in [5, 5.41) is 17.6. The van der Waals surface area contributed by atoms with Crippen LogP contribution in [0.4, 0.5) is 5.69 Å². The van der Waals surface area contributed by atoms with E-state index in [1.54, 1.807) is 32.4 Å². The number of nitrogens with zero attached hydrogens (tertiary/aromatic N) is 2. The van der Waals surface area contributed by atoms with Gasteiger partial charge in [-0.2, -0.15) is 0 Å². The molecule has 0 atom stereocenters. The molecule has 1 aliphatic rings. The summed E-state index contributed by atoms with van der Waals surface area (Å²) in [4.78, 5) is 15.0. The lowest BCUT2D eigenvalue weighted by atomic mass is 10.1. The second-order valence-electron chi connectivity index (χ2n) is 7.14. The van der Waals surface area contributed by atoms with E-state index in [1.165, 1.54) is 18.9 Å². The summed E-state index contributed by atoms with van der Waals surface area (Å²) in [5.41, 5.74) is 1.65. The zero-order valence-corrected chi connectivity index (χ0v) is 20.1. The molecule has 2 aromatic rings. The summed E-state index contributed by atoms with van der Waals surface area (Å²) >= 11 is 0. The number of benzene rings is 2. The number of methoxy groups -OCH3 is 1. The van der Waals surface area contributed by atoms with Crippen LogP contribution in [0.2, 0.25) is 0 Å². The van der Waals surface area contributed by atoms with Gasteiger partial charge in [-0.15, -0.1) is 24.0 Å². The normalized spacial score (nSPS) is 13.9. The highest BCUT2D eigenvalue weighted by Crippen LogP contribution is 2.34. The number of aliphatic imine (C=N–C) groups is 1. The number of nitrogens with one attached hydrogen (secondary N) is 2. The molecule has 0 unspecified atom stereocenters. The third-order valence-corrected chi connectivity index (χ3v) is 5.17. The lowest BCUT2D eigenvalue weighted by Crippen LogP contribution is -2.36. The first-order valence-electron chi connectivity index (χ1n) is 10.1. The molecule has 2 N–H and O–H groups in total. The molecule has 3 rings (SSSR count). The van der Waals surface area contributed by atoms with E-state index in [1.807, 2.05) is 18.2 Å². The number of rotatable bonds is 8. The van der Waals surface area contributed by atoms with Crippen LogP contribution in [0.25, 0.3) is 0 Å². The average Bonchev–Trinajstić information content (AvgIpc) is 3.28. The zero-order chi connectivity index (χ0) is 21.3. The minimum absolute atomic E-state index is 0. The first kappa shape index (κ1) is 24.7. The maximum Gasteiger partial charge on any atom is 0.274 e. The van der Waals surface area contributed by atoms with Crippen molar-refractivity contribution in [3.8, 4) is 11.5 Å². The van der Waals surface area contributed by atoms with E-state index in [0.29, 0.717) is 30.4 Å². The van der Waals surface area contributed by atoms with E-state index in [-0.39, 0.29) is 40.7 Å². The van der Waals surface area contributed by atoms with Gasteiger partial charge in [0.05, 0.1) is 18.1 Å². The highest BCUT2D eigenvalue weighted by molar-refractivity contribution is 14.0. The molecule has 0 aromatic heterocycles. The van der Waals surface area contributed by atoms with Gasteiger partial charge in [-0.1, -0.05) is 30.3 Å². The Bertz CT molecular complexity index is 901. The van der Waals surface area contributed by atoms with Crippen molar-refractivity contribution in [2.45, 2.75) is 44.9 Å². The van der Waals surface area contributed by atoms with Gasteiger partial charge < -0.3 is 20.1 Å². The van der Waals surface area contributed by atoms with Crippen molar-refractivity contribution in [2.75, 3.05) is 14.2 Å². The first-order chi connectivity index (χ1) is 14.6. The molecule has 8 nitrogen and oxygen atoms in total. The molecule has 0 spiro atoms. The Labute approximate surface area is 199 Å². The van der Waals surface area contributed by atoms with Crippen LogP contribution in [0, 0.1) is 10.1 Å². The van der Waals surface area contributed by atoms with E-state index in [2.05, 4.69) is 15.6 Å². The maximum absolute atomic E-state index is 11.2. The molecule has 0 radical (unpaired) electrons. The second-order valence-corrected chi connectivity index (χ2v) is 7.14. The first-order valence-corrected chi connectivity index (χ1v) is 10.1. The Morgan fingerprint density at radius 1 is 1.10 bits per heavy atom. The number of nitro benzene ring substituents is 1. The van der Waals surface area contributed by atoms with Gasteiger partial charge in [0.15, 0.2) is 17.5 Å². The quantitative estimate of drug-likeness (QED) is 0.169. The van der Waals surface area contributed by atoms with Crippen LogP contribution in [0.15, 0.2) is 47.5 Å². The number of hydrogen-bond acceptors (Lipinski definition) is 5. The summed E-state index contributed by atoms with van der Waals surface area (Å²) in [5.74, 6) is 2.01. The van der Waals surface area contributed by atoms with Crippen LogP contribution < -0.4 is 20.1 Å². The van der Waals surface area contributed by atoms with Crippen molar-refractivity contribution in [1.29, 1.82) is 0 Å². The zero-order valence-electron chi connectivity index (χ0n) is 17.8. The van der Waals surface area contributed by atoms with Crippen LogP contribution in [-0.2, 0) is 13.1 Å². The summed E-state index contributed by atoms with van der Waals surface area (Å²) in [6.45, 7) is 0.774. The molecule has 0 bridgehead atoms. The topological polar surface area (TPSA) is 98.0 Å². The molecular weight excluding hydrogens is 511 g/mol. The molecule has 9 heteroatoms. The van der Waals surface area contributed by atoms with Crippen LogP contribution in [0.5, 0.6) is 11.5 Å². The van der Waals surface area contributed by atoms with E-state index < -0.39 is 0 Å². The van der Waals surface area contributed by atoms with Gasteiger partial charge >= 0.3 is 0 Å². The lowest BCUT2D eigenvalue weighted by molar-refractivity contribution is -0.385. The third kappa shape index (κ3) is 6.71. The minimum Gasteiger partial charge on any atom is -0.493 e. The molecule has 168 valence electrons. The van der Waals surface area contributed by atoms with Gasteiger partial charge in [0.2, 0.25) is 0 Å². The molecule has 0 saturated heterocycles. The Hall–Kier alpha value is -2.56. The van der Waals surface area contributed by atoms with Gasteiger partial charge in [-0.25, -0.2) is 0 Å². The summed E-state index contributed by atoms with van der Waals surface area (Å²) in [6.07, 6.45) is 4.72. The molecule has 1 aliphatic carbocycles. The predicted octanol–water partition coefficient (Wildman–Crippen LogP) is 4.41. The van der Waals surface area contributed by atoms with Gasteiger partial charge in [-0.05, 0) is 31.7 Å². The minimum atomic E-state index is -0.379.